The molecule has 166 valence electrons. The van der Waals surface area contributed by atoms with E-state index in [4.69, 9.17) is 0 Å². The second-order valence-electron chi connectivity index (χ2n) is 9.71. The van der Waals surface area contributed by atoms with E-state index in [1.165, 1.54) is 75.8 Å². The third-order valence-electron chi connectivity index (χ3n) is 7.80. The van der Waals surface area contributed by atoms with Crippen LogP contribution in [0.2, 0.25) is 0 Å². The van der Waals surface area contributed by atoms with Crippen molar-refractivity contribution in [2.24, 2.45) is 0 Å². The Bertz CT molecular complexity index is 2140. The first-order chi connectivity index (χ1) is 17.9. The highest BCUT2D eigenvalue weighted by atomic mass is 14.2. The van der Waals surface area contributed by atoms with Crippen molar-refractivity contribution in [3.05, 3.63) is 133 Å². The zero-order chi connectivity index (χ0) is 23.6. The van der Waals surface area contributed by atoms with E-state index < -0.39 is 0 Å². The molecule has 0 spiro atoms. The van der Waals surface area contributed by atoms with Gasteiger partial charge in [0, 0.05) is 0 Å². The molecule has 8 aromatic carbocycles. The highest BCUT2D eigenvalue weighted by Crippen LogP contribution is 2.41. The van der Waals surface area contributed by atoms with Gasteiger partial charge in [-0.2, -0.15) is 0 Å². The molecule has 0 nitrogen and oxygen atoms in total. The van der Waals surface area contributed by atoms with Crippen molar-refractivity contribution in [3.8, 4) is 11.1 Å². The van der Waals surface area contributed by atoms with Crippen LogP contribution in [0.25, 0.3) is 75.8 Å². The van der Waals surface area contributed by atoms with Crippen LogP contribution >= 0.6 is 0 Å². The molecule has 8 aromatic rings. The van der Waals surface area contributed by atoms with Gasteiger partial charge in [0.1, 0.15) is 0 Å². The molecule has 0 unspecified atom stereocenters. The largest absolute Gasteiger partial charge is 0.0616 e. The molecule has 0 aliphatic rings. The van der Waals surface area contributed by atoms with E-state index in [9.17, 15) is 0 Å². The van der Waals surface area contributed by atoms with Gasteiger partial charge in [0.05, 0.1) is 0 Å². The highest BCUT2D eigenvalue weighted by Gasteiger charge is 2.13. The molecule has 0 aliphatic carbocycles. The van der Waals surface area contributed by atoms with E-state index in [1.54, 1.807) is 0 Å². The summed E-state index contributed by atoms with van der Waals surface area (Å²) in [6.07, 6.45) is 0. The normalized spacial score (nSPS) is 11.9. The Kier molecular flexibility index (Phi) is 4.03. The fourth-order valence-electron chi connectivity index (χ4n) is 6.20. The summed E-state index contributed by atoms with van der Waals surface area (Å²) in [5.74, 6) is 0. The summed E-state index contributed by atoms with van der Waals surface area (Å²) in [5.41, 5.74) is 2.53. The van der Waals surface area contributed by atoms with Crippen molar-refractivity contribution in [1.29, 1.82) is 0 Å². The third-order valence-corrected chi connectivity index (χ3v) is 7.80. The summed E-state index contributed by atoms with van der Waals surface area (Å²) >= 11 is 0. The van der Waals surface area contributed by atoms with Gasteiger partial charge in [0.2, 0.25) is 0 Å². The van der Waals surface area contributed by atoms with Crippen molar-refractivity contribution in [2.75, 3.05) is 0 Å². The van der Waals surface area contributed by atoms with Crippen molar-refractivity contribution < 1.29 is 0 Å². The molecule has 0 amide bonds. The molecule has 0 fully saturated rings. The molecule has 0 N–H and O–H groups in total. The second-order valence-corrected chi connectivity index (χ2v) is 9.71. The smallest absolute Gasteiger partial charge is 0.00203 e. The molecule has 0 aromatic heterocycles. The molecular formula is C36H22. The fourth-order valence-corrected chi connectivity index (χ4v) is 6.20. The lowest BCUT2D eigenvalue weighted by Crippen LogP contribution is -1.87. The Balaban J connectivity index is 1.65. The molecule has 0 atom stereocenters. The monoisotopic (exact) mass is 454 g/mol. The average Bonchev–Trinajstić information content (AvgIpc) is 2.95. The van der Waals surface area contributed by atoms with Crippen LogP contribution in [0, 0.1) is 0 Å². The summed E-state index contributed by atoms with van der Waals surface area (Å²) in [6.45, 7) is 0. The van der Waals surface area contributed by atoms with E-state index in [1.807, 2.05) is 0 Å². The van der Waals surface area contributed by atoms with Crippen LogP contribution < -0.4 is 0 Å². The highest BCUT2D eigenvalue weighted by molar-refractivity contribution is 6.32. The van der Waals surface area contributed by atoms with Crippen molar-refractivity contribution >= 4 is 64.6 Å². The lowest BCUT2D eigenvalue weighted by molar-refractivity contribution is 1.69. The Morgan fingerprint density at radius 2 is 0.778 bits per heavy atom. The van der Waals surface area contributed by atoms with Gasteiger partial charge in [-0.25, -0.2) is 0 Å². The van der Waals surface area contributed by atoms with Crippen molar-refractivity contribution in [2.45, 2.75) is 0 Å². The number of fused-ring (bicyclic) bond motifs is 6. The van der Waals surface area contributed by atoms with E-state index in [0.29, 0.717) is 0 Å². The van der Waals surface area contributed by atoms with Crippen LogP contribution in [-0.4, -0.2) is 0 Å². The van der Waals surface area contributed by atoms with Gasteiger partial charge in [-0.15, -0.1) is 0 Å². The van der Waals surface area contributed by atoms with Crippen LogP contribution in [0.1, 0.15) is 0 Å². The minimum atomic E-state index is 1.25. The molecule has 0 saturated carbocycles. The van der Waals surface area contributed by atoms with Gasteiger partial charge in [-0.1, -0.05) is 127 Å². The fraction of sp³-hybridized carbons (Fsp3) is 0. The zero-order valence-corrected chi connectivity index (χ0v) is 19.7. The van der Waals surface area contributed by atoms with E-state index in [2.05, 4.69) is 133 Å². The molecule has 8 rings (SSSR count). The molecule has 0 bridgehead atoms. The maximum absolute atomic E-state index is 2.41. The topological polar surface area (TPSA) is 0 Å². The first-order valence-electron chi connectivity index (χ1n) is 12.5. The van der Waals surface area contributed by atoms with Gasteiger partial charge in [-0.3, -0.25) is 0 Å². The van der Waals surface area contributed by atoms with Gasteiger partial charge >= 0.3 is 0 Å². The van der Waals surface area contributed by atoms with Crippen LogP contribution in [0.15, 0.2) is 133 Å². The summed E-state index contributed by atoms with van der Waals surface area (Å²) in [4.78, 5) is 0. The number of hydrogen-bond acceptors (Lipinski definition) is 0. The molecule has 0 heterocycles. The lowest BCUT2D eigenvalue weighted by Gasteiger charge is -2.14. The quantitative estimate of drug-likeness (QED) is 0.216. The summed E-state index contributed by atoms with van der Waals surface area (Å²) in [6, 6.07) is 49.2. The van der Waals surface area contributed by atoms with Gasteiger partial charge in [-0.05, 0) is 81.8 Å². The zero-order valence-electron chi connectivity index (χ0n) is 19.7. The maximum atomic E-state index is 2.41. The first-order valence-corrected chi connectivity index (χ1v) is 12.5. The molecule has 0 aliphatic heterocycles. The van der Waals surface area contributed by atoms with E-state index in [0.717, 1.165) is 0 Å². The Morgan fingerprint density at radius 3 is 1.53 bits per heavy atom. The maximum Gasteiger partial charge on any atom is -0.00203 e. The van der Waals surface area contributed by atoms with Crippen LogP contribution in [0.3, 0.4) is 0 Å². The van der Waals surface area contributed by atoms with Crippen molar-refractivity contribution in [3.63, 3.8) is 0 Å². The van der Waals surface area contributed by atoms with Crippen LogP contribution in [0.5, 0.6) is 0 Å². The Hall–Kier alpha value is -4.68. The van der Waals surface area contributed by atoms with Gasteiger partial charge < -0.3 is 0 Å². The second kappa shape index (κ2) is 7.41. The molecule has 0 heteroatoms. The van der Waals surface area contributed by atoms with Crippen LogP contribution in [-0.2, 0) is 0 Å². The number of benzene rings is 7. The van der Waals surface area contributed by atoms with Gasteiger partial charge in [0.15, 0.2) is 0 Å². The van der Waals surface area contributed by atoms with Crippen LogP contribution in [0.4, 0.5) is 0 Å². The SMILES string of the molecule is c1ccc2c(-c3ccc4c5ccccc5c5cccc6ccc7cccc(c4c3)c7c65)cccc2c1. The lowest BCUT2D eigenvalue weighted by atomic mass is 9.89. The summed E-state index contributed by atoms with van der Waals surface area (Å²) in [7, 11) is 0. The molecule has 0 saturated heterocycles. The minimum absolute atomic E-state index is 1.25. The standard InChI is InChI=1S/C36H22/c1-2-12-27-23(8-1)9-5-15-28(27)26-20-21-31-29-13-3-4-14-30(29)32-16-6-10-24-18-19-25-11-7-17-33(34(31)22-26)36(25)35(24)32/h1-22H. The average molecular weight is 455 g/mol. The predicted molar refractivity (Wildman–Crippen MR) is 157 cm³/mol. The van der Waals surface area contributed by atoms with E-state index >= 15 is 0 Å². The van der Waals surface area contributed by atoms with Crippen molar-refractivity contribution in [1.82, 2.24) is 0 Å². The molecule has 36 heavy (non-hydrogen) atoms. The summed E-state index contributed by atoms with van der Waals surface area (Å²) in [5, 5.41) is 15.6. The molecule has 0 radical (unpaired) electrons. The number of hydrogen-bond donors (Lipinski definition) is 0. The Morgan fingerprint density at radius 1 is 0.278 bits per heavy atom. The molecular weight excluding hydrogens is 432 g/mol. The number of rotatable bonds is 1. The first kappa shape index (κ1) is 19.6. The van der Waals surface area contributed by atoms with E-state index in [-0.39, 0.29) is 0 Å². The summed E-state index contributed by atoms with van der Waals surface area (Å²) < 4.78 is 0. The Labute approximate surface area is 209 Å². The predicted octanol–water partition coefficient (Wildman–Crippen LogP) is 10.3. The third kappa shape index (κ3) is 2.70. The van der Waals surface area contributed by atoms with Gasteiger partial charge in [0.25, 0.3) is 0 Å². The minimum Gasteiger partial charge on any atom is -0.0616 e.